The molecule has 4 N–H and O–H groups in total. The van der Waals surface area contributed by atoms with Crippen LogP contribution in [0.4, 0.5) is 5.69 Å². The fourth-order valence-electron chi connectivity index (χ4n) is 1.90. The number of carbonyl (C=O) groups is 1. The lowest BCUT2D eigenvalue weighted by Crippen LogP contribution is -2.24. The zero-order valence-electron chi connectivity index (χ0n) is 10.3. The average molecular weight is 258 g/mol. The van der Waals surface area contributed by atoms with Crippen molar-refractivity contribution in [2.75, 3.05) is 5.73 Å². The fourth-order valence-corrected chi connectivity index (χ4v) is 1.90. The lowest BCUT2D eigenvalue weighted by molar-refractivity contribution is 0.0946. The molecule has 0 bridgehead atoms. The molecule has 2 heterocycles. The lowest BCUT2D eigenvalue weighted by Gasteiger charge is -2.03. The Balaban J connectivity index is 1.67. The molecule has 0 unspecified atom stereocenters. The summed E-state index contributed by atoms with van der Waals surface area (Å²) in [6, 6.07) is 1.74. The number of carbonyl (C=O) groups excluding carboxylic acids is 1. The molecule has 1 fully saturated rings. The number of aromatic nitrogens is 4. The SMILES string of the molecule is Nc1c(C(=O)NCc2ccncn2)n[nH]c1C1CC1. The number of amides is 1. The topological polar surface area (TPSA) is 110 Å². The van der Waals surface area contributed by atoms with Gasteiger partial charge in [-0.25, -0.2) is 9.97 Å². The lowest BCUT2D eigenvalue weighted by atomic mass is 10.2. The molecule has 0 saturated heterocycles. The first-order chi connectivity index (χ1) is 9.25. The van der Waals surface area contributed by atoms with Gasteiger partial charge in [-0.05, 0) is 18.9 Å². The van der Waals surface area contributed by atoms with E-state index >= 15 is 0 Å². The average Bonchev–Trinajstić information content (AvgIpc) is 3.20. The van der Waals surface area contributed by atoms with Crippen LogP contribution in [0.15, 0.2) is 18.6 Å². The Morgan fingerprint density at radius 3 is 3.05 bits per heavy atom. The van der Waals surface area contributed by atoms with Crippen molar-refractivity contribution >= 4 is 11.6 Å². The highest BCUT2D eigenvalue weighted by molar-refractivity contribution is 5.97. The predicted molar refractivity (Wildman–Crippen MR) is 68.2 cm³/mol. The number of nitrogens with zero attached hydrogens (tertiary/aromatic N) is 3. The molecule has 3 rings (SSSR count). The van der Waals surface area contributed by atoms with Gasteiger partial charge in [-0.3, -0.25) is 9.89 Å². The summed E-state index contributed by atoms with van der Waals surface area (Å²) in [4.78, 5) is 19.8. The predicted octanol–water partition coefficient (Wildman–Crippen LogP) is 0.589. The summed E-state index contributed by atoms with van der Waals surface area (Å²) < 4.78 is 0. The molecular formula is C12H14N6O. The maximum Gasteiger partial charge on any atom is 0.274 e. The molecule has 98 valence electrons. The molecule has 7 nitrogen and oxygen atoms in total. The van der Waals surface area contributed by atoms with Crippen LogP contribution in [0.2, 0.25) is 0 Å². The minimum atomic E-state index is -0.292. The van der Waals surface area contributed by atoms with Crippen LogP contribution < -0.4 is 11.1 Å². The highest BCUT2D eigenvalue weighted by atomic mass is 16.1. The number of aromatic amines is 1. The molecule has 0 spiro atoms. The maximum absolute atomic E-state index is 12.0. The van der Waals surface area contributed by atoms with Crippen LogP contribution in [-0.4, -0.2) is 26.1 Å². The van der Waals surface area contributed by atoms with Crippen LogP contribution in [0.25, 0.3) is 0 Å². The summed E-state index contributed by atoms with van der Waals surface area (Å²) in [6.45, 7) is 0.326. The Morgan fingerprint density at radius 2 is 2.37 bits per heavy atom. The van der Waals surface area contributed by atoms with Crippen molar-refractivity contribution in [3.05, 3.63) is 35.7 Å². The van der Waals surface area contributed by atoms with E-state index in [9.17, 15) is 4.79 Å². The van der Waals surface area contributed by atoms with Crippen LogP contribution in [0.3, 0.4) is 0 Å². The first-order valence-corrected chi connectivity index (χ1v) is 6.12. The number of nitrogen functional groups attached to an aromatic ring is 1. The van der Waals surface area contributed by atoms with Gasteiger partial charge in [0.25, 0.3) is 5.91 Å². The molecule has 19 heavy (non-hydrogen) atoms. The Bertz CT molecular complexity index is 590. The van der Waals surface area contributed by atoms with E-state index in [0.29, 0.717) is 18.2 Å². The Kier molecular flexibility index (Phi) is 2.86. The Hall–Kier alpha value is -2.44. The molecule has 1 saturated carbocycles. The van der Waals surface area contributed by atoms with E-state index in [-0.39, 0.29) is 11.6 Å². The number of nitrogens with two attached hydrogens (primary N) is 1. The molecule has 1 aliphatic rings. The first-order valence-electron chi connectivity index (χ1n) is 6.12. The van der Waals surface area contributed by atoms with Crippen molar-refractivity contribution < 1.29 is 4.79 Å². The third-order valence-corrected chi connectivity index (χ3v) is 3.11. The zero-order chi connectivity index (χ0) is 13.2. The minimum absolute atomic E-state index is 0.260. The van der Waals surface area contributed by atoms with Gasteiger partial charge in [0.05, 0.1) is 23.6 Å². The summed E-state index contributed by atoms with van der Waals surface area (Å²) in [5, 5.41) is 9.59. The van der Waals surface area contributed by atoms with E-state index in [1.807, 2.05) is 0 Å². The normalized spacial score (nSPS) is 14.3. The molecule has 2 aromatic heterocycles. The van der Waals surface area contributed by atoms with Crippen LogP contribution in [-0.2, 0) is 6.54 Å². The second-order valence-corrected chi connectivity index (χ2v) is 4.56. The number of rotatable bonds is 4. The van der Waals surface area contributed by atoms with Crippen molar-refractivity contribution in [2.24, 2.45) is 0 Å². The summed E-state index contributed by atoms with van der Waals surface area (Å²) in [7, 11) is 0. The standard InChI is InChI=1S/C12H14N6O/c13-9-10(7-1-2-7)17-18-11(9)12(19)15-5-8-3-4-14-6-16-8/h3-4,6-7H,1-2,5,13H2,(H,15,19)(H,17,18). The summed E-state index contributed by atoms with van der Waals surface area (Å²) in [5.74, 6) is 0.148. The van der Waals surface area contributed by atoms with Crippen molar-refractivity contribution in [1.29, 1.82) is 0 Å². The quantitative estimate of drug-likeness (QED) is 0.743. The van der Waals surface area contributed by atoms with E-state index in [1.54, 1.807) is 12.3 Å². The molecule has 2 aromatic rings. The van der Waals surface area contributed by atoms with Crippen LogP contribution in [0.1, 0.15) is 40.6 Å². The van der Waals surface area contributed by atoms with Gasteiger partial charge in [-0.1, -0.05) is 0 Å². The summed E-state index contributed by atoms with van der Waals surface area (Å²) in [6.07, 6.45) is 5.28. The zero-order valence-corrected chi connectivity index (χ0v) is 10.3. The molecule has 0 radical (unpaired) electrons. The highest BCUT2D eigenvalue weighted by Gasteiger charge is 2.30. The largest absolute Gasteiger partial charge is 0.395 e. The van der Waals surface area contributed by atoms with Crippen LogP contribution in [0, 0.1) is 0 Å². The third kappa shape index (κ3) is 2.40. The molecular weight excluding hydrogens is 244 g/mol. The maximum atomic E-state index is 12.0. The van der Waals surface area contributed by atoms with Gasteiger partial charge in [0.15, 0.2) is 5.69 Å². The molecule has 0 aliphatic heterocycles. The van der Waals surface area contributed by atoms with Crippen molar-refractivity contribution in [3.63, 3.8) is 0 Å². The number of H-pyrrole nitrogens is 1. The van der Waals surface area contributed by atoms with Gasteiger partial charge in [0, 0.05) is 12.1 Å². The number of hydrogen-bond donors (Lipinski definition) is 3. The third-order valence-electron chi connectivity index (χ3n) is 3.11. The summed E-state index contributed by atoms with van der Waals surface area (Å²) in [5.41, 5.74) is 8.27. The van der Waals surface area contributed by atoms with E-state index in [1.165, 1.54) is 6.33 Å². The molecule has 1 amide bonds. The van der Waals surface area contributed by atoms with E-state index < -0.39 is 0 Å². The second-order valence-electron chi connectivity index (χ2n) is 4.56. The highest BCUT2D eigenvalue weighted by Crippen LogP contribution is 2.42. The van der Waals surface area contributed by atoms with E-state index in [4.69, 9.17) is 5.73 Å². The number of nitrogens with one attached hydrogen (secondary N) is 2. The second kappa shape index (κ2) is 4.68. The minimum Gasteiger partial charge on any atom is -0.395 e. The van der Waals surface area contributed by atoms with Crippen LogP contribution >= 0.6 is 0 Å². The van der Waals surface area contributed by atoms with E-state index in [0.717, 1.165) is 24.2 Å². The van der Waals surface area contributed by atoms with Gasteiger partial charge < -0.3 is 11.1 Å². The van der Waals surface area contributed by atoms with Gasteiger partial charge in [-0.2, -0.15) is 5.10 Å². The van der Waals surface area contributed by atoms with Crippen molar-refractivity contribution in [2.45, 2.75) is 25.3 Å². The fraction of sp³-hybridized carbons (Fsp3) is 0.333. The van der Waals surface area contributed by atoms with Crippen molar-refractivity contribution in [1.82, 2.24) is 25.5 Å². The summed E-state index contributed by atoms with van der Waals surface area (Å²) >= 11 is 0. The molecule has 7 heteroatoms. The van der Waals surface area contributed by atoms with Gasteiger partial charge in [-0.15, -0.1) is 0 Å². The van der Waals surface area contributed by atoms with Gasteiger partial charge in [0.2, 0.25) is 0 Å². The molecule has 0 aromatic carbocycles. The monoisotopic (exact) mass is 258 g/mol. The van der Waals surface area contributed by atoms with Crippen LogP contribution in [0.5, 0.6) is 0 Å². The number of anilines is 1. The number of hydrogen-bond acceptors (Lipinski definition) is 5. The molecule has 0 atom stereocenters. The van der Waals surface area contributed by atoms with E-state index in [2.05, 4.69) is 25.5 Å². The first kappa shape index (κ1) is 11.6. The smallest absolute Gasteiger partial charge is 0.274 e. The molecule has 1 aliphatic carbocycles. The Morgan fingerprint density at radius 1 is 1.53 bits per heavy atom. The van der Waals surface area contributed by atoms with Gasteiger partial charge in [0.1, 0.15) is 6.33 Å². The van der Waals surface area contributed by atoms with Gasteiger partial charge >= 0.3 is 0 Å². The van der Waals surface area contributed by atoms with Crippen molar-refractivity contribution in [3.8, 4) is 0 Å². The Labute approximate surface area is 109 Å².